The van der Waals surface area contributed by atoms with Crippen LogP contribution in [-0.2, 0) is 27.1 Å². The first-order valence-electron chi connectivity index (χ1n) is 7.08. The maximum absolute atomic E-state index is 12.7. The summed E-state index contributed by atoms with van der Waals surface area (Å²) in [5, 5.41) is 0. The zero-order valence-corrected chi connectivity index (χ0v) is 14.7. The van der Waals surface area contributed by atoms with Crippen molar-refractivity contribution in [2.24, 2.45) is 0 Å². The number of halogens is 1. The highest BCUT2D eigenvalue weighted by Crippen LogP contribution is 2.22. The summed E-state index contributed by atoms with van der Waals surface area (Å²) in [4.78, 5) is 0.343. The number of alkyl halides is 1. The van der Waals surface area contributed by atoms with Gasteiger partial charge >= 0.3 is 0 Å². The second-order valence-corrected chi connectivity index (χ2v) is 7.46. The van der Waals surface area contributed by atoms with Gasteiger partial charge in [-0.15, -0.1) is 11.6 Å². The Kier molecular flexibility index (Phi) is 7.13. The second-order valence-electron chi connectivity index (χ2n) is 5.18. The number of hydrogen-bond acceptors (Lipinski definition) is 3. The average molecular weight is 334 g/mol. The van der Waals surface area contributed by atoms with Crippen LogP contribution in [0.3, 0.4) is 0 Å². The molecule has 0 N–H and O–H groups in total. The van der Waals surface area contributed by atoms with Gasteiger partial charge in [-0.05, 0) is 37.5 Å². The van der Waals surface area contributed by atoms with Gasteiger partial charge in [-0.2, -0.15) is 4.31 Å². The molecule has 0 unspecified atom stereocenters. The summed E-state index contributed by atoms with van der Waals surface area (Å²) in [6.45, 7) is 6.50. The highest BCUT2D eigenvalue weighted by Gasteiger charge is 2.23. The molecule has 6 heteroatoms. The van der Waals surface area contributed by atoms with Gasteiger partial charge < -0.3 is 4.74 Å². The van der Waals surface area contributed by atoms with Crippen LogP contribution in [0.15, 0.2) is 23.1 Å². The zero-order valence-electron chi connectivity index (χ0n) is 13.1. The number of sulfonamides is 1. The van der Waals surface area contributed by atoms with Crippen molar-refractivity contribution < 1.29 is 13.2 Å². The highest BCUT2D eigenvalue weighted by atomic mass is 35.5. The van der Waals surface area contributed by atoms with E-state index in [1.807, 2.05) is 32.9 Å². The monoisotopic (exact) mass is 333 g/mol. The van der Waals surface area contributed by atoms with Gasteiger partial charge in [0, 0.05) is 19.5 Å². The molecule has 0 saturated heterocycles. The smallest absolute Gasteiger partial charge is 0.243 e. The van der Waals surface area contributed by atoms with E-state index in [0.29, 0.717) is 30.3 Å². The number of likely N-dealkylation sites (N-methyl/N-ethyl adjacent to an activating group) is 1. The standard InChI is InChI=1S/C15H24ClNO3S/c1-5-14-7-6-13(11-16)10-15(14)21(18,19)17(4)8-9-20-12(2)3/h6-7,10,12H,5,8-9,11H2,1-4H3. The summed E-state index contributed by atoms with van der Waals surface area (Å²) in [6, 6.07) is 5.37. The van der Waals surface area contributed by atoms with E-state index >= 15 is 0 Å². The molecule has 0 aliphatic carbocycles. The Morgan fingerprint density at radius 2 is 2.00 bits per heavy atom. The first-order chi connectivity index (χ1) is 9.82. The average Bonchev–Trinajstić information content (AvgIpc) is 2.45. The molecular weight excluding hydrogens is 310 g/mol. The fourth-order valence-corrected chi connectivity index (χ4v) is 3.58. The summed E-state index contributed by atoms with van der Waals surface area (Å²) < 4.78 is 32.1. The third-order valence-corrected chi connectivity index (χ3v) is 5.46. The van der Waals surface area contributed by atoms with Crippen molar-refractivity contribution in [1.29, 1.82) is 0 Å². The zero-order chi connectivity index (χ0) is 16.0. The Balaban J connectivity index is 3.00. The lowest BCUT2D eigenvalue weighted by atomic mass is 10.1. The molecule has 0 amide bonds. The quantitative estimate of drug-likeness (QED) is 0.687. The molecule has 0 radical (unpaired) electrons. The van der Waals surface area contributed by atoms with Crippen LogP contribution >= 0.6 is 11.6 Å². The molecule has 0 fully saturated rings. The topological polar surface area (TPSA) is 46.6 Å². The van der Waals surface area contributed by atoms with Gasteiger partial charge in [0.2, 0.25) is 10.0 Å². The van der Waals surface area contributed by atoms with Gasteiger partial charge in [-0.1, -0.05) is 19.1 Å². The van der Waals surface area contributed by atoms with Crippen molar-refractivity contribution in [3.63, 3.8) is 0 Å². The third-order valence-electron chi connectivity index (χ3n) is 3.21. The molecule has 4 nitrogen and oxygen atoms in total. The molecular formula is C15H24ClNO3S. The predicted octanol–water partition coefficient (Wildman–Crippen LogP) is 3.03. The van der Waals surface area contributed by atoms with Gasteiger partial charge in [-0.3, -0.25) is 0 Å². The predicted molar refractivity (Wildman–Crippen MR) is 86.3 cm³/mol. The van der Waals surface area contributed by atoms with E-state index in [1.165, 1.54) is 4.31 Å². The molecule has 0 saturated carbocycles. The molecule has 0 aliphatic heterocycles. The minimum absolute atomic E-state index is 0.0897. The Morgan fingerprint density at radius 1 is 1.33 bits per heavy atom. The molecule has 1 aromatic rings. The molecule has 1 rings (SSSR count). The van der Waals surface area contributed by atoms with Gasteiger partial charge in [0.05, 0.1) is 17.6 Å². The van der Waals surface area contributed by atoms with Gasteiger partial charge in [-0.25, -0.2) is 8.42 Å². The van der Waals surface area contributed by atoms with E-state index in [4.69, 9.17) is 16.3 Å². The second kappa shape index (κ2) is 8.13. The molecule has 21 heavy (non-hydrogen) atoms. The van der Waals surface area contributed by atoms with Crippen LogP contribution in [0.25, 0.3) is 0 Å². The molecule has 0 bridgehead atoms. The molecule has 0 heterocycles. The van der Waals surface area contributed by atoms with Gasteiger partial charge in [0.1, 0.15) is 0 Å². The lowest BCUT2D eigenvalue weighted by Gasteiger charge is -2.20. The minimum Gasteiger partial charge on any atom is -0.377 e. The van der Waals surface area contributed by atoms with Crippen molar-refractivity contribution in [2.75, 3.05) is 20.2 Å². The van der Waals surface area contributed by atoms with E-state index < -0.39 is 10.0 Å². The number of hydrogen-bond donors (Lipinski definition) is 0. The first kappa shape index (κ1) is 18.4. The Bertz CT molecular complexity index is 558. The molecule has 0 aliphatic rings. The Hall–Kier alpha value is -0.620. The van der Waals surface area contributed by atoms with Crippen LogP contribution < -0.4 is 0 Å². The fraction of sp³-hybridized carbons (Fsp3) is 0.600. The lowest BCUT2D eigenvalue weighted by molar-refractivity contribution is 0.0737. The van der Waals surface area contributed by atoms with Gasteiger partial charge in [0.15, 0.2) is 0 Å². The van der Waals surface area contributed by atoms with Crippen LogP contribution in [-0.4, -0.2) is 39.0 Å². The third kappa shape index (κ3) is 4.95. The largest absolute Gasteiger partial charge is 0.377 e. The number of rotatable bonds is 8. The van der Waals surface area contributed by atoms with Crippen LogP contribution in [0.2, 0.25) is 0 Å². The number of benzene rings is 1. The number of aryl methyl sites for hydroxylation is 1. The van der Waals surface area contributed by atoms with Crippen molar-refractivity contribution in [1.82, 2.24) is 4.31 Å². The summed E-state index contributed by atoms with van der Waals surface area (Å²) in [6.07, 6.45) is 0.750. The van der Waals surface area contributed by atoms with Crippen LogP contribution in [0.5, 0.6) is 0 Å². The Morgan fingerprint density at radius 3 is 2.52 bits per heavy atom. The van der Waals surface area contributed by atoms with E-state index in [0.717, 1.165) is 11.1 Å². The summed E-state index contributed by atoms with van der Waals surface area (Å²) in [5.41, 5.74) is 1.61. The van der Waals surface area contributed by atoms with Crippen LogP contribution in [0.1, 0.15) is 31.9 Å². The molecule has 0 aromatic heterocycles. The van der Waals surface area contributed by atoms with E-state index in [9.17, 15) is 8.42 Å². The number of nitrogens with zero attached hydrogens (tertiary/aromatic N) is 1. The van der Waals surface area contributed by atoms with Gasteiger partial charge in [0.25, 0.3) is 0 Å². The molecule has 1 aromatic carbocycles. The SMILES string of the molecule is CCc1ccc(CCl)cc1S(=O)(=O)N(C)CCOC(C)C. The molecule has 0 spiro atoms. The highest BCUT2D eigenvalue weighted by molar-refractivity contribution is 7.89. The Labute approximate surface area is 133 Å². The summed E-state index contributed by atoms with van der Waals surface area (Å²) >= 11 is 5.81. The number of ether oxygens (including phenoxy) is 1. The summed E-state index contributed by atoms with van der Waals surface area (Å²) in [7, 11) is -1.94. The maximum Gasteiger partial charge on any atom is 0.243 e. The molecule has 120 valence electrons. The van der Waals surface area contributed by atoms with Crippen LogP contribution in [0.4, 0.5) is 0 Å². The van der Waals surface area contributed by atoms with Crippen molar-refractivity contribution in [3.05, 3.63) is 29.3 Å². The first-order valence-corrected chi connectivity index (χ1v) is 9.06. The fourth-order valence-electron chi connectivity index (χ4n) is 1.92. The van der Waals surface area contributed by atoms with E-state index in [1.54, 1.807) is 13.1 Å². The minimum atomic E-state index is -3.52. The van der Waals surface area contributed by atoms with E-state index in [2.05, 4.69) is 0 Å². The van der Waals surface area contributed by atoms with Crippen molar-refractivity contribution in [2.45, 2.75) is 44.1 Å². The molecule has 0 atom stereocenters. The van der Waals surface area contributed by atoms with Crippen molar-refractivity contribution in [3.8, 4) is 0 Å². The maximum atomic E-state index is 12.7. The van der Waals surface area contributed by atoms with E-state index in [-0.39, 0.29) is 6.10 Å². The van der Waals surface area contributed by atoms with Crippen LogP contribution in [0, 0.1) is 0 Å². The lowest BCUT2D eigenvalue weighted by Crippen LogP contribution is -2.31. The summed E-state index contributed by atoms with van der Waals surface area (Å²) in [5.74, 6) is 0.298. The normalized spacial score (nSPS) is 12.3. The van der Waals surface area contributed by atoms with Crippen molar-refractivity contribution >= 4 is 21.6 Å².